The molecule has 4 nitrogen and oxygen atoms in total. The van der Waals surface area contributed by atoms with Crippen molar-refractivity contribution in [1.82, 2.24) is 5.43 Å². The molecule has 4 heteroatoms. The van der Waals surface area contributed by atoms with Gasteiger partial charge < -0.3 is 4.74 Å². The molecule has 3 aromatic carbocycles. The maximum Gasteiger partial charge on any atom is 0.277 e. The van der Waals surface area contributed by atoms with Gasteiger partial charge in [-0.1, -0.05) is 86.6 Å². The fraction of sp³-hybridized carbons (Fsp3) is 0.231. The molecule has 0 radical (unpaired) electrons. The van der Waals surface area contributed by atoms with E-state index >= 15 is 0 Å². The Hall–Kier alpha value is -3.40. The van der Waals surface area contributed by atoms with E-state index in [2.05, 4.69) is 48.6 Å². The molecule has 30 heavy (non-hydrogen) atoms. The van der Waals surface area contributed by atoms with Crippen LogP contribution in [0.5, 0.6) is 5.75 Å². The number of hydrogen-bond acceptors (Lipinski definition) is 3. The number of hydrazone groups is 1. The van der Waals surface area contributed by atoms with E-state index in [0.717, 1.165) is 16.8 Å². The second-order valence-corrected chi connectivity index (χ2v) is 7.55. The van der Waals surface area contributed by atoms with Gasteiger partial charge in [-0.05, 0) is 41.7 Å². The highest BCUT2D eigenvalue weighted by Crippen LogP contribution is 2.26. The number of ether oxygens (including phenoxy) is 1. The van der Waals surface area contributed by atoms with Crippen LogP contribution in [0.3, 0.4) is 0 Å². The van der Waals surface area contributed by atoms with E-state index in [-0.39, 0.29) is 18.4 Å². The third kappa shape index (κ3) is 5.80. The van der Waals surface area contributed by atoms with E-state index in [4.69, 9.17) is 4.74 Å². The van der Waals surface area contributed by atoms with Gasteiger partial charge in [0, 0.05) is 11.6 Å². The van der Waals surface area contributed by atoms with Crippen molar-refractivity contribution in [3.63, 3.8) is 0 Å². The lowest BCUT2D eigenvalue weighted by molar-refractivity contribution is -0.123. The number of rotatable bonds is 8. The quantitative estimate of drug-likeness (QED) is 0.400. The minimum Gasteiger partial charge on any atom is -0.484 e. The molecule has 0 saturated carbocycles. The van der Waals surface area contributed by atoms with E-state index in [0.29, 0.717) is 11.7 Å². The third-order valence-electron chi connectivity index (χ3n) is 4.96. The summed E-state index contributed by atoms with van der Waals surface area (Å²) < 4.78 is 5.58. The fourth-order valence-electron chi connectivity index (χ4n) is 3.31. The van der Waals surface area contributed by atoms with Crippen LogP contribution < -0.4 is 10.2 Å². The van der Waals surface area contributed by atoms with Gasteiger partial charge in [0.1, 0.15) is 5.75 Å². The maximum atomic E-state index is 12.2. The number of carbonyl (C=O) groups is 1. The average molecular weight is 401 g/mol. The van der Waals surface area contributed by atoms with Crippen molar-refractivity contribution < 1.29 is 9.53 Å². The molecule has 0 unspecified atom stereocenters. The summed E-state index contributed by atoms with van der Waals surface area (Å²) in [6.45, 7) is 6.12. The van der Waals surface area contributed by atoms with Gasteiger partial charge in [0.2, 0.25) is 0 Å². The van der Waals surface area contributed by atoms with Gasteiger partial charge in [-0.3, -0.25) is 4.79 Å². The highest BCUT2D eigenvalue weighted by atomic mass is 16.5. The Bertz CT molecular complexity index is 925. The molecule has 3 aromatic rings. The summed E-state index contributed by atoms with van der Waals surface area (Å²) in [5, 5.41) is 4.36. The van der Waals surface area contributed by atoms with Gasteiger partial charge in [-0.2, -0.15) is 5.10 Å². The number of nitrogens with one attached hydrogen (secondary N) is 1. The molecule has 0 aliphatic carbocycles. The van der Waals surface area contributed by atoms with Crippen LogP contribution in [0.25, 0.3) is 0 Å². The number of nitrogens with zero attached hydrogens (tertiary/aromatic N) is 1. The van der Waals surface area contributed by atoms with Crippen LogP contribution in [0.2, 0.25) is 0 Å². The zero-order valence-electron chi connectivity index (χ0n) is 17.7. The van der Waals surface area contributed by atoms with Crippen LogP contribution in [-0.4, -0.2) is 18.2 Å². The Morgan fingerprint density at radius 2 is 1.37 bits per heavy atom. The van der Waals surface area contributed by atoms with Crippen LogP contribution in [0.15, 0.2) is 90.0 Å². The lowest BCUT2D eigenvalue weighted by Crippen LogP contribution is -2.26. The molecule has 0 aliphatic heterocycles. The van der Waals surface area contributed by atoms with E-state index in [1.807, 2.05) is 67.6 Å². The summed E-state index contributed by atoms with van der Waals surface area (Å²) in [5.74, 6) is 0.808. The Morgan fingerprint density at radius 1 is 0.833 bits per heavy atom. The minimum atomic E-state index is -0.290. The smallest absolute Gasteiger partial charge is 0.277 e. The van der Waals surface area contributed by atoms with Crippen molar-refractivity contribution in [1.29, 1.82) is 0 Å². The molecular formula is C26H28N2O2. The van der Waals surface area contributed by atoms with Crippen molar-refractivity contribution in [3.8, 4) is 5.75 Å². The summed E-state index contributed by atoms with van der Waals surface area (Å²) in [4.78, 5) is 12.2. The van der Waals surface area contributed by atoms with E-state index in [9.17, 15) is 4.79 Å². The average Bonchev–Trinajstić information content (AvgIpc) is 2.78. The standard InChI is InChI=1S/C26H28N2O2/c1-19(2)21-14-16-24(17-15-21)30-18-25(29)28-27-20(3)26(22-10-6-4-7-11-22)23-12-8-5-9-13-23/h4-17,19,26H,18H2,1-3H3,(H,28,29)/b27-20+. The summed E-state index contributed by atoms with van der Waals surface area (Å²) in [7, 11) is 0. The van der Waals surface area contributed by atoms with Gasteiger partial charge >= 0.3 is 0 Å². The van der Waals surface area contributed by atoms with Gasteiger partial charge in [0.15, 0.2) is 6.61 Å². The van der Waals surface area contributed by atoms with Crippen molar-refractivity contribution >= 4 is 11.6 Å². The normalized spacial score (nSPS) is 11.6. The first kappa shape index (κ1) is 21.3. The molecule has 154 valence electrons. The maximum absolute atomic E-state index is 12.2. The van der Waals surface area contributed by atoms with Gasteiger partial charge in [-0.15, -0.1) is 0 Å². The second-order valence-electron chi connectivity index (χ2n) is 7.55. The Labute approximate surface area is 178 Å². The molecule has 1 N–H and O–H groups in total. The van der Waals surface area contributed by atoms with Crippen LogP contribution in [0.4, 0.5) is 0 Å². The molecular weight excluding hydrogens is 372 g/mol. The number of hydrogen-bond donors (Lipinski definition) is 1. The summed E-state index contributed by atoms with van der Waals surface area (Å²) in [6, 6.07) is 28.1. The summed E-state index contributed by atoms with van der Waals surface area (Å²) in [5.41, 5.74) is 6.92. The van der Waals surface area contributed by atoms with Crippen molar-refractivity contribution in [2.45, 2.75) is 32.6 Å². The predicted octanol–water partition coefficient (Wildman–Crippen LogP) is 5.51. The Kier molecular flexibility index (Phi) is 7.39. The molecule has 0 atom stereocenters. The second kappa shape index (κ2) is 10.4. The zero-order chi connectivity index (χ0) is 21.3. The highest BCUT2D eigenvalue weighted by molar-refractivity contribution is 5.93. The van der Waals surface area contributed by atoms with Crippen LogP contribution in [0.1, 0.15) is 49.3 Å². The van der Waals surface area contributed by atoms with Crippen molar-refractivity contribution in [2.75, 3.05) is 6.61 Å². The molecule has 0 spiro atoms. The van der Waals surface area contributed by atoms with E-state index < -0.39 is 0 Å². The third-order valence-corrected chi connectivity index (χ3v) is 4.96. The molecule has 0 aliphatic rings. The fourth-order valence-corrected chi connectivity index (χ4v) is 3.31. The number of carbonyl (C=O) groups excluding carboxylic acids is 1. The predicted molar refractivity (Wildman–Crippen MR) is 122 cm³/mol. The first-order valence-electron chi connectivity index (χ1n) is 10.2. The lowest BCUT2D eigenvalue weighted by atomic mass is 9.88. The monoisotopic (exact) mass is 400 g/mol. The van der Waals surface area contributed by atoms with Crippen molar-refractivity contribution in [3.05, 3.63) is 102 Å². The first-order chi connectivity index (χ1) is 14.5. The molecule has 3 rings (SSSR count). The minimum absolute atomic E-state index is 0.0304. The van der Waals surface area contributed by atoms with Gasteiger partial charge in [-0.25, -0.2) is 5.43 Å². The number of benzene rings is 3. The Morgan fingerprint density at radius 3 is 1.87 bits per heavy atom. The number of amides is 1. The summed E-state index contributed by atoms with van der Waals surface area (Å²) in [6.07, 6.45) is 0. The summed E-state index contributed by atoms with van der Waals surface area (Å²) >= 11 is 0. The van der Waals surface area contributed by atoms with Crippen LogP contribution >= 0.6 is 0 Å². The first-order valence-corrected chi connectivity index (χ1v) is 10.2. The largest absolute Gasteiger partial charge is 0.484 e. The van der Waals surface area contributed by atoms with Gasteiger partial charge in [0.25, 0.3) is 5.91 Å². The molecule has 0 aromatic heterocycles. The van der Waals surface area contributed by atoms with Crippen LogP contribution in [0, 0.1) is 0 Å². The topological polar surface area (TPSA) is 50.7 Å². The van der Waals surface area contributed by atoms with E-state index in [1.54, 1.807) is 0 Å². The highest BCUT2D eigenvalue weighted by Gasteiger charge is 2.17. The molecule has 0 bridgehead atoms. The lowest BCUT2D eigenvalue weighted by Gasteiger charge is -2.18. The SMILES string of the molecule is C/C(=N\NC(=O)COc1ccc(C(C)C)cc1)C(c1ccccc1)c1ccccc1. The molecule has 0 fully saturated rings. The van der Waals surface area contributed by atoms with E-state index in [1.165, 1.54) is 5.56 Å². The molecule has 1 amide bonds. The molecule has 0 heterocycles. The van der Waals surface area contributed by atoms with Gasteiger partial charge in [0.05, 0.1) is 0 Å². The van der Waals surface area contributed by atoms with Crippen molar-refractivity contribution in [2.24, 2.45) is 5.10 Å². The van der Waals surface area contributed by atoms with Crippen LogP contribution in [-0.2, 0) is 4.79 Å². The molecule has 0 saturated heterocycles. The zero-order valence-corrected chi connectivity index (χ0v) is 17.7. The Balaban J connectivity index is 1.64.